The number of rotatable bonds is 5. The van der Waals surface area contributed by atoms with Crippen LogP contribution in [0.3, 0.4) is 0 Å². The predicted octanol–water partition coefficient (Wildman–Crippen LogP) is 2.34. The summed E-state index contributed by atoms with van der Waals surface area (Å²) in [6.45, 7) is 10.4. The third-order valence-electron chi connectivity index (χ3n) is 5.74. The number of ether oxygens (including phenoxy) is 1. The van der Waals surface area contributed by atoms with E-state index in [1.807, 2.05) is 31.5 Å². The molecule has 3 heterocycles. The number of aromatic nitrogens is 3. The number of benzene rings is 1. The van der Waals surface area contributed by atoms with Gasteiger partial charge in [-0.3, -0.25) is 14.0 Å². The molecule has 0 fully saturated rings. The second-order valence-corrected chi connectivity index (χ2v) is 8.80. The minimum Gasteiger partial charge on any atom is -0.508 e. The minimum absolute atomic E-state index is 0.100. The van der Waals surface area contributed by atoms with Crippen LogP contribution >= 0.6 is 11.3 Å². The fraction of sp³-hybridized carbons (Fsp3) is 0.333. The zero-order chi connectivity index (χ0) is 23.9. The van der Waals surface area contributed by atoms with E-state index in [1.165, 1.54) is 28.0 Å². The van der Waals surface area contributed by atoms with E-state index in [2.05, 4.69) is 10.1 Å². The average Bonchev–Trinajstić information content (AvgIpc) is 3.23. The highest BCUT2D eigenvalue weighted by molar-refractivity contribution is 7.07. The predicted molar refractivity (Wildman–Crippen MR) is 126 cm³/mol. The van der Waals surface area contributed by atoms with Crippen molar-refractivity contribution in [1.82, 2.24) is 14.3 Å². The molecule has 1 aliphatic rings. The van der Waals surface area contributed by atoms with Crippen LogP contribution in [0.2, 0.25) is 0 Å². The topological polar surface area (TPSA) is 98.7 Å². The number of thiazole rings is 1. The van der Waals surface area contributed by atoms with Gasteiger partial charge in [0.2, 0.25) is 0 Å². The van der Waals surface area contributed by atoms with Gasteiger partial charge in [-0.05, 0) is 58.4 Å². The van der Waals surface area contributed by atoms with Crippen molar-refractivity contribution in [2.24, 2.45) is 4.99 Å². The zero-order valence-corrected chi connectivity index (χ0v) is 20.1. The van der Waals surface area contributed by atoms with E-state index >= 15 is 0 Å². The molecule has 1 aromatic carbocycles. The first-order valence-electron chi connectivity index (χ1n) is 10.8. The van der Waals surface area contributed by atoms with Crippen molar-refractivity contribution in [3.05, 3.63) is 77.7 Å². The van der Waals surface area contributed by atoms with E-state index in [9.17, 15) is 14.7 Å². The molecule has 0 saturated heterocycles. The van der Waals surface area contributed by atoms with Gasteiger partial charge in [-0.25, -0.2) is 9.79 Å². The number of fused-ring (bicyclic) bond motifs is 1. The maximum absolute atomic E-state index is 13.6. The number of carbonyl (C=O) groups is 1. The van der Waals surface area contributed by atoms with Crippen molar-refractivity contribution < 1.29 is 14.6 Å². The number of hydrogen-bond acceptors (Lipinski definition) is 7. The van der Waals surface area contributed by atoms with Gasteiger partial charge in [0.1, 0.15) is 5.75 Å². The Morgan fingerprint density at radius 2 is 1.91 bits per heavy atom. The van der Waals surface area contributed by atoms with Crippen LogP contribution in [0, 0.1) is 13.8 Å². The summed E-state index contributed by atoms with van der Waals surface area (Å²) in [6, 6.07) is 5.77. The van der Waals surface area contributed by atoms with Crippen LogP contribution in [0.1, 0.15) is 49.3 Å². The molecule has 0 radical (unpaired) electrons. The van der Waals surface area contributed by atoms with Crippen molar-refractivity contribution in [1.29, 1.82) is 0 Å². The SMILES string of the molecule is CCOC(=O)C1=C(C)N=c2s/c(=C/c3c(C)nn(CC)c3C)c(=O)n2[C@@H]1c1ccc(O)cc1. The van der Waals surface area contributed by atoms with Crippen molar-refractivity contribution in [2.75, 3.05) is 6.61 Å². The molecule has 2 aromatic heterocycles. The van der Waals surface area contributed by atoms with Gasteiger partial charge < -0.3 is 9.84 Å². The van der Waals surface area contributed by atoms with Crippen LogP contribution in [0.15, 0.2) is 45.3 Å². The lowest BCUT2D eigenvalue weighted by molar-refractivity contribution is -0.139. The third-order valence-corrected chi connectivity index (χ3v) is 6.72. The second kappa shape index (κ2) is 8.82. The molecular formula is C24H26N4O4S. The summed E-state index contributed by atoms with van der Waals surface area (Å²) in [5.74, 6) is -0.412. The average molecular weight is 467 g/mol. The summed E-state index contributed by atoms with van der Waals surface area (Å²) >= 11 is 1.28. The summed E-state index contributed by atoms with van der Waals surface area (Å²) in [4.78, 5) is 31.6. The molecular weight excluding hydrogens is 440 g/mol. The molecule has 33 heavy (non-hydrogen) atoms. The van der Waals surface area contributed by atoms with E-state index in [1.54, 1.807) is 26.0 Å². The highest BCUT2D eigenvalue weighted by atomic mass is 32.1. The van der Waals surface area contributed by atoms with Gasteiger partial charge in [-0.2, -0.15) is 5.10 Å². The summed E-state index contributed by atoms with van der Waals surface area (Å²) in [6.07, 6.45) is 1.85. The molecule has 172 valence electrons. The van der Waals surface area contributed by atoms with Gasteiger partial charge in [0.15, 0.2) is 4.80 Å². The molecule has 1 N–H and O–H groups in total. The van der Waals surface area contributed by atoms with Crippen LogP contribution in [-0.4, -0.2) is 32.0 Å². The van der Waals surface area contributed by atoms with E-state index in [0.29, 0.717) is 26.2 Å². The number of aryl methyl sites for hydroxylation is 2. The first-order valence-corrected chi connectivity index (χ1v) is 11.6. The van der Waals surface area contributed by atoms with Crippen molar-refractivity contribution in [3.63, 3.8) is 0 Å². The maximum Gasteiger partial charge on any atom is 0.338 e. The molecule has 1 atom stereocenters. The Morgan fingerprint density at radius 3 is 2.52 bits per heavy atom. The van der Waals surface area contributed by atoms with Gasteiger partial charge in [-0.15, -0.1) is 0 Å². The Labute approximate surface area is 194 Å². The normalized spacial score (nSPS) is 16.0. The first-order chi connectivity index (χ1) is 15.8. The van der Waals surface area contributed by atoms with Gasteiger partial charge in [0.25, 0.3) is 5.56 Å². The Hall–Kier alpha value is -3.46. The van der Waals surface area contributed by atoms with E-state index in [-0.39, 0.29) is 17.9 Å². The highest BCUT2D eigenvalue weighted by Crippen LogP contribution is 2.31. The van der Waals surface area contributed by atoms with Crippen LogP contribution in [0.5, 0.6) is 5.75 Å². The number of allylic oxidation sites excluding steroid dienone is 1. The van der Waals surface area contributed by atoms with Crippen molar-refractivity contribution in [3.8, 4) is 5.75 Å². The maximum atomic E-state index is 13.6. The van der Waals surface area contributed by atoms with E-state index in [0.717, 1.165) is 23.5 Å². The Bertz CT molecular complexity index is 1440. The fourth-order valence-corrected chi connectivity index (χ4v) is 5.15. The smallest absolute Gasteiger partial charge is 0.338 e. The van der Waals surface area contributed by atoms with E-state index in [4.69, 9.17) is 4.74 Å². The number of aromatic hydroxyl groups is 1. The van der Waals surface area contributed by atoms with Crippen LogP contribution in [0.4, 0.5) is 0 Å². The Morgan fingerprint density at radius 1 is 1.21 bits per heavy atom. The first kappa shape index (κ1) is 22.7. The Balaban J connectivity index is 1.97. The minimum atomic E-state index is -0.705. The van der Waals surface area contributed by atoms with Gasteiger partial charge in [0, 0.05) is 17.8 Å². The lowest BCUT2D eigenvalue weighted by atomic mass is 9.96. The molecule has 0 saturated carbocycles. The van der Waals surface area contributed by atoms with Crippen LogP contribution in [-0.2, 0) is 16.1 Å². The van der Waals surface area contributed by atoms with Gasteiger partial charge in [-0.1, -0.05) is 23.5 Å². The van der Waals surface area contributed by atoms with Crippen LogP contribution in [0.25, 0.3) is 6.08 Å². The molecule has 0 spiro atoms. The molecule has 0 amide bonds. The molecule has 0 bridgehead atoms. The van der Waals surface area contributed by atoms with Crippen LogP contribution < -0.4 is 14.9 Å². The second-order valence-electron chi connectivity index (χ2n) is 7.79. The van der Waals surface area contributed by atoms with Crippen molar-refractivity contribution >= 4 is 23.4 Å². The monoisotopic (exact) mass is 466 g/mol. The lowest BCUT2D eigenvalue weighted by Crippen LogP contribution is -2.39. The number of carbonyl (C=O) groups excluding carboxylic acids is 1. The molecule has 0 unspecified atom stereocenters. The molecule has 9 heteroatoms. The zero-order valence-electron chi connectivity index (χ0n) is 19.2. The fourth-order valence-electron chi connectivity index (χ4n) is 4.12. The molecule has 3 aromatic rings. The standard InChI is InChI=1S/C24H26N4O4S/c1-6-27-15(5)18(13(3)26-27)12-19-22(30)28-21(16-8-10-17(29)11-9-16)20(23(31)32-7-2)14(4)25-24(28)33-19/h8-12,21,29H,6-7H2,1-5H3/b19-12+/t21-/m1/s1. The summed E-state index contributed by atoms with van der Waals surface area (Å²) < 4.78 is 9.25. The van der Waals surface area contributed by atoms with Gasteiger partial charge >= 0.3 is 5.97 Å². The third kappa shape index (κ3) is 3.93. The molecule has 0 aliphatic carbocycles. The van der Waals surface area contributed by atoms with Crippen molar-refractivity contribution in [2.45, 2.75) is 47.2 Å². The quantitative estimate of drug-likeness (QED) is 0.582. The van der Waals surface area contributed by atoms with Gasteiger partial charge in [0.05, 0.1) is 34.1 Å². The molecule has 4 rings (SSSR count). The summed E-state index contributed by atoms with van der Waals surface area (Å²) in [5.41, 5.74) is 4.00. The number of esters is 1. The number of nitrogens with zero attached hydrogens (tertiary/aromatic N) is 4. The lowest BCUT2D eigenvalue weighted by Gasteiger charge is -2.24. The molecule has 1 aliphatic heterocycles. The number of phenolic OH excluding ortho intramolecular Hbond substituents is 1. The largest absolute Gasteiger partial charge is 0.508 e. The van der Waals surface area contributed by atoms with E-state index < -0.39 is 12.0 Å². The molecule has 8 nitrogen and oxygen atoms in total. The Kier molecular flexibility index (Phi) is 6.07. The summed E-state index contributed by atoms with van der Waals surface area (Å²) in [5, 5.41) is 14.3. The number of phenols is 1. The highest BCUT2D eigenvalue weighted by Gasteiger charge is 2.33. The summed E-state index contributed by atoms with van der Waals surface area (Å²) in [7, 11) is 0. The number of hydrogen-bond donors (Lipinski definition) is 1.